The second-order valence-electron chi connectivity index (χ2n) is 10.0. The molecule has 0 radical (unpaired) electrons. The first-order valence-corrected chi connectivity index (χ1v) is 13.0. The van der Waals surface area contributed by atoms with Gasteiger partial charge in [-0.1, -0.05) is 85.0 Å². The van der Waals surface area contributed by atoms with E-state index >= 15 is 0 Å². The number of benzene rings is 4. The van der Waals surface area contributed by atoms with Crippen molar-refractivity contribution < 1.29 is 9.18 Å². The Hall–Kier alpha value is -4.29. The molecule has 0 saturated carbocycles. The van der Waals surface area contributed by atoms with E-state index in [2.05, 4.69) is 35.4 Å². The monoisotopic (exact) mass is 517 g/mol. The van der Waals surface area contributed by atoms with E-state index in [4.69, 9.17) is 12.2 Å². The second-order valence-corrected chi connectivity index (χ2v) is 10.5. The zero-order valence-corrected chi connectivity index (χ0v) is 21.5. The summed E-state index contributed by atoms with van der Waals surface area (Å²) in [5.41, 5.74) is 5.73. The molecule has 2 N–H and O–H groups in total. The summed E-state index contributed by atoms with van der Waals surface area (Å²) in [5, 5.41) is 4.48. The normalized spacial score (nSPS) is 20.1. The van der Waals surface area contributed by atoms with Gasteiger partial charge in [-0.3, -0.25) is 4.79 Å². The maximum Gasteiger partial charge on any atom is 0.258 e. The number of thiocarbonyl (C=S) groups is 1. The quantitative estimate of drug-likeness (QED) is 0.270. The van der Waals surface area contributed by atoms with Crippen LogP contribution in [0, 0.1) is 12.7 Å². The highest BCUT2D eigenvalue weighted by Gasteiger charge is 2.60. The highest BCUT2D eigenvalue weighted by atomic mass is 32.1. The first-order valence-electron chi connectivity index (χ1n) is 12.6. The third kappa shape index (κ3) is 3.13. The molecule has 4 aromatic carbocycles. The average molecular weight is 518 g/mol. The van der Waals surface area contributed by atoms with Crippen LogP contribution in [0.2, 0.25) is 0 Å². The van der Waals surface area contributed by atoms with E-state index in [0.29, 0.717) is 22.8 Å². The Balaban J connectivity index is 1.55. The number of rotatable bonds is 3. The number of hydrogen-bond acceptors (Lipinski definition) is 2. The standard InChI is InChI=1S/C32H24FN3OS/c1-19-9-5-6-12-22(19)28-27-23-13-7-8-14-25(23)34-29(27)30(38)35-32(28)24-17-21(33)15-16-26(24)36(31(32)37)18-20-10-3-2-4-11-20/h2-17,28,34H,18H2,1H3,(H,35,38). The van der Waals surface area contributed by atoms with Crippen LogP contribution >= 0.6 is 12.2 Å². The molecule has 7 rings (SSSR count). The molecule has 1 amide bonds. The molecule has 2 unspecified atom stereocenters. The third-order valence-corrected chi connectivity index (χ3v) is 8.25. The number of anilines is 1. The number of aromatic amines is 1. The van der Waals surface area contributed by atoms with Crippen molar-refractivity contribution in [1.82, 2.24) is 10.3 Å². The minimum Gasteiger partial charge on any atom is -0.356 e. The van der Waals surface area contributed by atoms with Crippen molar-refractivity contribution in [3.8, 4) is 0 Å². The van der Waals surface area contributed by atoms with Crippen molar-refractivity contribution in [3.05, 3.63) is 136 Å². The molecule has 0 fully saturated rings. The molecule has 5 aromatic rings. The van der Waals surface area contributed by atoms with Gasteiger partial charge in [-0.2, -0.15) is 0 Å². The van der Waals surface area contributed by atoms with E-state index in [9.17, 15) is 9.18 Å². The molecule has 186 valence electrons. The minimum atomic E-state index is -1.31. The van der Waals surface area contributed by atoms with Gasteiger partial charge in [-0.25, -0.2) is 4.39 Å². The summed E-state index contributed by atoms with van der Waals surface area (Å²) >= 11 is 5.92. The van der Waals surface area contributed by atoms with Gasteiger partial charge in [-0.15, -0.1) is 0 Å². The van der Waals surface area contributed by atoms with Crippen LogP contribution in [0.15, 0.2) is 97.1 Å². The third-order valence-electron chi connectivity index (χ3n) is 7.95. The predicted octanol–water partition coefficient (Wildman–Crippen LogP) is 6.47. The van der Waals surface area contributed by atoms with Crippen LogP contribution < -0.4 is 10.2 Å². The van der Waals surface area contributed by atoms with Crippen LogP contribution in [0.4, 0.5) is 10.1 Å². The Kier molecular flexibility index (Phi) is 5.03. The number of carbonyl (C=O) groups excluding carboxylic acids is 1. The number of para-hydroxylation sites is 1. The summed E-state index contributed by atoms with van der Waals surface area (Å²) in [4.78, 5) is 20.5. The predicted molar refractivity (Wildman–Crippen MR) is 152 cm³/mol. The first-order chi connectivity index (χ1) is 18.5. The van der Waals surface area contributed by atoms with Crippen LogP contribution in [-0.2, 0) is 16.9 Å². The lowest BCUT2D eigenvalue weighted by atomic mass is 9.68. The van der Waals surface area contributed by atoms with Gasteiger partial charge in [0.25, 0.3) is 5.91 Å². The molecular formula is C32H24FN3OS. The highest BCUT2D eigenvalue weighted by Crippen LogP contribution is 2.55. The Morgan fingerprint density at radius 1 is 0.947 bits per heavy atom. The van der Waals surface area contributed by atoms with Gasteiger partial charge in [0.2, 0.25) is 0 Å². The molecule has 1 spiro atoms. The van der Waals surface area contributed by atoms with Gasteiger partial charge in [0.1, 0.15) is 10.8 Å². The smallest absolute Gasteiger partial charge is 0.258 e. The molecule has 4 nitrogen and oxygen atoms in total. The number of aromatic nitrogens is 1. The van der Waals surface area contributed by atoms with Gasteiger partial charge in [0, 0.05) is 22.4 Å². The minimum absolute atomic E-state index is 0.145. The van der Waals surface area contributed by atoms with Crippen LogP contribution in [0.5, 0.6) is 0 Å². The van der Waals surface area contributed by atoms with Crippen molar-refractivity contribution in [2.24, 2.45) is 0 Å². The lowest BCUT2D eigenvalue weighted by Crippen LogP contribution is -2.59. The fourth-order valence-electron chi connectivity index (χ4n) is 6.29. The van der Waals surface area contributed by atoms with Crippen molar-refractivity contribution in [2.75, 3.05) is 4.90 Å². The van der Waals surface area contributed by atoms with Crippen LogP contribution in [0.25, 0.3) is 10.9 Å². The maximum atomic E-state index is 15.0. The first kappa shape index (κ1) is 22.9. The maximum absolute atomic E-state index is 15.0. The largest absolute Gasteiger partial charge is 0.356 e. The molecule has 3 heterocycles. The van der Waals surface area contributed by atoms with E-state index in [-0.39, 0.29) is 5.91 Å². The lowest BCUT2D eigenvalue weighted by molar-refractivity contribution is -0.124. The summed E-state index contributed by atoms with van der Waals surface area (Å²) in [5.74, 6) is -0.984. The molecular weight excluding hydrogens is 493 g/mol. The van der Waals surface area contributed by atoms with Gasteiger partial charge in [0.05, 0.1) is 17.9 Å². The Morgan fingerprint density at radius 3 is 2.50 bits per heavy atom. The Bertz CT molecular complexity index is 1760. The lowest BCUT2D eigenvalue weighted by Gasteiger charge is -2.43. The molecule has 2 aliphatic rings. The van der Waals surface area contributed by atoms with Crippen molar-refractivity contribution in [1.29, 1.82) is 0 Å². The second kappa shape index (κ2) is 8.36. The van der Waals surface area contributed by atoms with E-state index in [1.807, 2.05) is 60.7 Å². The zero-order valence-electron chi connectivity index (χ0n) is 20.7. The molecule has 2 atom stereocenters. The number of nitrogens with zero attached hydrogens (tertiary/aromatic N) is 1. The highest BCUT2D eigenvalue weighted by molar-refractivity contribution is 7.80. The topological polar surface area (TPSA) is 48.1 Å². The summed E-state index contributed by atoms with van der Waals surface area (Å²) in [6, 6.07) is 30.7. The SMILES string of the molecule is Cc1ccccc1C1c2c([nH]c3ccccc23)C(=S)NC12C(=O)N(Cc1ccccc1)c1ccc(F)cc12. The summed E-state index contributed by atoms with van der Waals surface area (Å²) < 4.78 is 15.0. The summed E-state index contributed by atoms with van der Waals surface area (Å²) in [6.07, 6.45) is 0. The molecule has 0 saturated heterocycles. The van der Waals surface area contributed by atoms with Crippen molar-refractivity contribution in [3.63, 3.8) is 0 Å². The van der Waals surface area contributed by atoms with Gasteiger partial charge < -0.3 is 15.2 Å². The number of carbonyl (C=O) groups is 1. The fourth-order valence-corrected chi connectivity index (χ4v) is 6.61. The van der Waals surface area contributed by atoms with Gasteiger partial charge in [-0.05, 0) is 53.4 Å². The van der Waals surface area contributed by atoms with E-state index in [1.54, 1.807) is 11.0 Å². The fraction of sp³-hybridized carbons (Fsp3) is 0.125. The van der Waals surface area contributed by atoms with Gasteiger partial charge in [0.15, 0.2) is 5.54 Å². The molecule has 0 aliphatic carbocycles. The molecule has 38 heavy (non-hydrogen) atoms. The molecule has 6 heteroatoms. The van der Waals surface area contributed by atoms with Gasteiger partial charge >= 0.3 is 0 Å². The number of H-pyrrole nitrogens is 1. The van der Waals surface area contributed by atoms with Crippen LogP contribution in [0.1, 0.15) is 39.4 Å². The van der Waals surface area contributed by atoms with Crippen LogP contribution in [-0.4, -0.2) is 15.9 Å². The Morgan fingerprint density at radius 2 is 1.68 bits per heavy atom. The van der Waals surface area contributed by atoms with Crippen LogP contribution in [0.3, 0.4) is 0 Å². The van der Waals surface area contributed by atoms with Crippen molar-refractivity contribution in [2.45, 2.75) is 24.9 Å². The number of amides is 1. The number of hydrogen-bond donors (Lipinski definition) is 2. The molecule has 2 aliphatic heterocycles. The molecule has 0 bridgehead atoms. The van der Waals surface area contributed by atoms with E-state index < -0.39 is 17.3 Å². The van der Waals surface area contributed by atoms with E-state index in [1.165, 1.54) is 12.1 Å². The number of nitrogens with one attached hydrogen (secondary N) is 2. The van der Waals surface area contributed by atoms with E-state index in [0.717, 1.165) is 38.9 Å². The summed E-state index contributed by atoms with van der Waals surface area (Å²) in [6.45, 7) is 2.42. The number of aryl methyl sites for hydroxylation is 1. The average Bonchev–Trinajstić information content (AvgIpc) is 3.41. The number of fused-ring (bicyclic) bond motifs is 5. The molecule has 1 aromatic heterocycles. The zero-order chi connectivity index (χ0) is 26.0. The summed E-state index contributed by atoms with van der Waals surface area (Å²) in [7, 11) is 0. The number of halogens is 1. The Labute approximate surface area is 225 Å². The van der Waals surface area contributed by atoms with Crippen molar-refractivity contribution >= 4 is 39.7 Å².